The van der Waals surface area contributed by atoms with Crippen LogP contribution in [0.1, 0.15) is 17.0 Å². The topological polar surface area (TPSA) is 67.8 Å². The highest BCUT2D eigenvalue weighted by molar-refractivity contribution is 5.64. The van der Waals surface area contributed by atoms with Crippen molar-refractivity contribution in [3.05, 3.63) is 59.7 Å². The number of hydrogen-bond acceptors (Lipinski definition) is 4. The van der Waals surface area contributed by atoms with E-state index in [1.807, 2.05) is 48.5 Å². The van der Waals surface area contributed by atoms with E-state index in [1.54, 1.807) is 0 Å². The maximum atomic E-state index is 10.9. The van der Waals surface area contributed by atoms with E-state index < -0.39 is 18.5 Å². The second kappa shape index (κ2) is 4.41. The van der Waals surface area contributed by atoms with Crippen molar-refractivity contribution >= 4 is 11.8 Å². The molecule has 21 heavy (non-hydrogen) atoms. The summed E-state index contributed by atoms with van der Waals surface area (Å²) in [6.07, 6.45) is -2.44. The van der Waals surface area contributed by atoms with Crippen LogP contribution in [0.4, 0.5) is 10.5 Å². The fraction of sp³-hybridized carbons (Fsp3) is 0.188. The molecule has 0 spiro atoms. The molecule has 0 saturated heterocycles. The van der Waals surface area contributed by atoms with Gasteiger partial charge in [-0.1, -0.05) is 36.4 Å². The van der Waals surface area contributed by atoms with E-state index in [9.17, 15) is 4.79 Å². The number of fused-ring (bicyclic) bond motifs is 5. The van der Waals surface area contributed by atoms with Gasteiger partial charge in [-0.2, -0.15) is 0 Å². The second-order valence-corrected chi connectivity index (χ2v) is 5.13. The van der Waals surface area contributed by atoms with Gasteiger partial charge >= 0.3 is 6.16 Å². The molecule has 0 bridgehead atoms. The van der Waals surface area contributed by atoms with E-state index >= 15 is 0 Å². The van der Waals surface area contributed by atoms with Crippen LogP contribution in [0.2, 0.25) is 0 Å². The molecule has 2 aliphatic rings. The number of ether oxygens (including phenoxy) is 2. The van der Waals surface area contributed by atoms with Gasteiger partial charge in [-0.15, -0.1) is 0 Å². The first-order valence-electron chi connectivity index (χ1n) is 6.74. The molecule has 5 nitrogen and oxygen atoms in total. The third-order valence-electron chi connectivity index (χ3n) is 3.97. The molecule has 5 heteroatoms. The Kier molecular flexibility index (Phi) is 2.54. The lowest BCUT2D eigenvalue weighted by molar-refractivity contribution is 0.00572. The van der Waals surface area contributed by atoms with E-state index in [1.165, 1.54) is 0 Å². The Morgan fingerprint density at radius 1 is 1.10 bits per heavy atom. The van der Waals surface area contributed by atoms with Crippen molar-refractivity contribution in [1.29, 1.82) is 0 Å². The number of benzene rings is 2. The molecule has 0 aliphatic carbocycles. The smallest absolute Gasteiger partial charge is 0.483 e. The van der Waals surface area contributed by atoms with E-state index in [4.69, 9.17) is 14.6 Å². The van der Waals surface area contributed by atoms with Gasteiger partial charge in [-0.05, 0) is 17.7 Å². The predicted molar refractivity (Wildman–Crippen MR) is 75.7 cm³/mol. The summed E-state index contributed by atoms with van der Waals surface area (Å²) in [5, 5.41) is 12.0. The lowest BCUT2D eigenvalue weighted by Gasteiger charge is -2.34. The first kappa shape index (κ1) is 12.1. The maximum Gasteiger partial charge on any atom is 0.507 e. The van der Waals surface area contributed by atoms with Crippen LogP contribution in [0.25, 0.3) is 0 Å². The Labute approximate surface area is 121 Å². The van der Waals surface area contributed by atoms with Gasteiger partial charge in [-0.25, -0.2) is 4.79 Å². The molecule has 2 heterocycles. The molecule has 106 valence electrons. The number of carbonyl (C=O) groups is 1. The minimum Gasteiger partial charge on any atom is -0.483 e. The van der Waals surface area contributed by atoms with Crippen molar-refractivity contribution in [2.45, 2.75) is 18.2 Å². The van der Waals surface area contributed by atoms with Crippen molar-refractivity contribution in [3.8, 4) is 5.75 Å². The van der Waals surface area contributed by atoms with Crippen molar-refractivity contribution in [2.24, 2.45) is 0 Å². The second-order valence-electron chi connectivity index (χ2n) is 5.13. The van der Waals surface area contributed by atoms with Crippen LogP contribution in [0.5, 0.6) is 5.75 Å². The molecule has 2 N–H and O–H groups in total. The summed E-state index contributed by atoms with van der Waals surface area (Å²) in [6.45, 7) is 0. The van der Waals surface area contributed by atoms with E-state index in [2.05, 4.69) is 5.32 Å². The molecular formula is C16H13NO4. The number of nitrogens with one attached hydrogen (secondary N) is 1. The molecule has 2 aromatic rings. The van der Waals surface area contributed by atoms with Crippen molar-refractivity contribution < 1.29 is 19.4 Å². The Morgan fingerprint density at radius 2 is 1.81 bits per heavy atom. The quantitative estimate of drug-likeness (QED) is 0.787. The van der Waals surface area contributed by atoms with Gasteiger partial charge in [0, 0.05) is 11.3 Å². The Hall–Kier alpha value is -2.69. The van der Waals surface area contributed by atoms with Crippen molar-refractivity contribution in [3.63, 3.8) is 0 Å². The lowest BCUT2D eigenvalue weighted by atomic mass is 9.84. The first-order valence-corrected chi connectivity index (χ1v) is 6.74. The molecule has 2 aromatic carbocycles. The van der Waals surface area contributed by atoms with Gasteiger partial charge in [0.15, 0.2) is 6.10 Å². The monoisotopic (exact) mass is 283 g/mol. The number of rotatable bonds is 1. The highest BCUT2D eigenvalue weighted by Gasteiger charge is 2.46. The average Bonchev–Trinajstić information content (AvgIpc) is 2.87. The summed E-state index contributed by atoms with van der Waals surface area (Å²) in [7, 11) is 0. The molecule has 3 unspecified atom stereocenters. The predicted octanol–water partition coefficient (Wildman–Crippen LogP) is 3.03. The van der Waals surface area contributed by atoms with Gasteiger partial charge in [-0.3, -0.25) is 0 Å². The van der Waals surface area contributed by atoms with E-state index in [0.29, 0.717) is 0 Å². The third kappa shape index (κ3) is 1.81. The molecule has 0 fully saturated rings. The summed E-state index contributed by atoms with van der Waals surface area (Å²) in [5.41, 5.74) is 3.04. The number of para-hydroxylation sites is 2. The zero-order chi connectivity index (χ0) is 14.4. The Balaban J connectivity index is 1.84. The summed E-state index contributed by atoms with van der Waals surface area (Å²) in [6, 6.07) is 15.6. The summed E-state index contributed by atoms with van der Waals surface area (Å²) in [5.74, 6) is 0.757. The van der Waals surface area contributed by atoms with Crippen LogP contribution in [-0.4, -0.2) is 23.6 Å². The molecule has 2 aliphatic heterocycles. The number of anilines is 1. The van der Waals surface area contributed by atoms with E-state index in [0.717, 1.165) is 22.6 Å². The summed E-state index contributed by atoms with van der Waals surface area (Å²) in [4.78, 5) is 10.9. The fourth-order valence-electron chi connectivity index (χ4n) is 3.16. The van der Waals surface area contributed by atoms with Crippen LogP contribution in [0, 0.1) is 0 Å². The zero-order valence-electron chi connectivity index (χ0n) is 11.0. The van der Waals surface area contributed by atoms with Gasteiger partial charge in [0.2, 0.25) is 6.23 Å². The average molecular weight is 283 g/mol. The lowest BCUT2D eigenvalue weighted by Crippen LogP contribution is -2.46. The SMILES string of the molecule is O=C(O)OC1Nc2ccccc2C2c3ccccc3OC12. The van der Waals surface area contributed by atoms with Crippen LogP contribution in [-0.2, 0) is 4.74 Å². The molecule has 4 rings (SSSR count). The summed E-state index contributed by atoms with van der Waals surface area (Å²) < 4.78 is 10.9. The minimum atomic E-state index is -1.31. The van der Waals surface area contributed by atoms with Gasteiger partial charge in [0.25, 0.3) is 0 Å². The van der Waals surface area contributed by atoms with Crippen LogP contribution in [0.3, 0.4) is 0 Å². The van der Waals surface area contributed by atoms with Gasteiger partial charge in [0.05, 0.1) is 5.92 Å². The zero-order valence-corrected chi connectivity index (χ0v) is 11.0. The van der Waals surface area contributed by atoms with Crippen LogP contribution in [0.15, 0.2) is 48.5 Å². The number of hydrogen-bond donors (Lipinski definition) is 2. The minimum absolute atomic E-state index is 0.0250. The van der Waals surface area contributed by atoms with Crippen molar-refractivity contribution in [1.82, 2.24) is 0 Å². The van der Waals surface area contributed by atoms with Crippen LogP contribution < -0.4 is 10.1 Å². The first-order chi connectivity index (χ1) is 10.2. The van der Waals surface area contributed by atoms with Crippen molar-refractivity contribution in [2.75, 3.05) is 5.32 Å². The largest absolute Gasteiger partial charge is 0.507 e. The fourth-order valence-corrected chi connectivity index (χ4v) is 3.16. The van der Waals surface area contributed by atoms with Gasteiger partial charge < -0.3 is 19.9 Å². The Bertz CT molecular complexity index is 715. The maximum absolute atomic E-state index is 10.9. The number of carboxylic acid groups (broad SMARTS) is 1. The standard InChI is InChI=1S/C16H13NO4/c18-16(19)21-15-14-13(9-5-1-3-7-11(9)17-15)10-6-2-4-8-12(10)20-14/h1-8,13-15,17H,(H,18,19). The molecule has 0 saturated carbocycles. The highest BCUT2D eigenvalue weighted by atomic mass is 16.7. The highest BCUT2D eigenvalue weighted by Crippen LogP contribution is 2.48. The van der Waals surface area contributed by atoms with Crippen LogP contribution >= 0.6 is 0 Å². The normalized spacial score (nSPS) is 24.9. The molecular weight excluding hydrogens is 270 g/mol. The molecule has 0 aromatic heterocycles. The van der Waals surface area contributed by atoms with E-state index in [-0.39, 0.29) is 5.92 Å². The molecule has 3 atom stereocenters. The molecule has 0 radical (unpaired) electrons. The molecule has 0 amide bonds. The summed E-state index contributed by atoms with van der Waals surface area (Å²) >= 11 is 0. The third-order valence-corrected chi connectivity index (χ3v) is 3.97. The van der Waals surface area contributed by atoms with Gasteiger partial charge in [0.1, 0.15) is 5.75 Å². The Morgan fingerprint density at radius 3 is 2.62 bits per heavy atom.